The monoisotopic (exact) mass is 440 g/mol. The van der Waals surface area contributed by atoms with Crippen molar-refractivity contribution in [3.63, 3.8) is 0 Å². The van der Waals surface area contributed by atoms with Crippen molar-refractivity contribution in [1.29, 1.82) is 0 Å². The second kappa shape index (κ2) is 8.99. The smallest absolute Gasteiger partial charge is 0.251 e. The van der Waals surface area contributed by atoms with Crippen LogP contribution in [0.15, 0.2) is 64.0 Å². The molecule has 0 bridgehead atoms. The average Bonchev–Trinajstić information content (AvgIpc) is 3.31. The van der Waals surface area contributed by atoms with Gasteiger partial charge in [-0.15, -0.1) is 0 Å². The Morgan fingerprint density at radius 1 is 1.03 bits per heavy atom. The first kappa shape index (κ1) is 21.2. The minimum atomic E-state index is -3.49. The lowest BCUT2D eigenvalue weighted by Crippen LogP contribution is -2.35. The van der Waals surface area contributed by atoms with E-state index in [-0.39, 0.29) is 16.7 Å². The molecule has 2 heterocycles. The minimum Gasteiger partial charge on any atom is -0.341 e. The summed E-state index contributed by atoms with van der Waals surface area (Å²) >= 11 is 0. The van der Waals surface area contributed by atoms with Gasteiger partial charge in [-0.1, -0.05) is 29.8 Å². The maximum atomic E-state index is 12.8. The molecule has 1 N–H and O–H groups in total. The summed E-state index contributed by atoms with van der Waals surface area (Å²) in [6.07, 6.45) is 2.85. The van der Waals surface area contributed by atoms with Crippen molar-refractivity contribution in [3.8, 4) is 11.4 Å². The number of nitrogens with zero attached hydrogens (tertiary/aromatic N) is 3. The number of rotatable bonds is 6. The number of nitrogens with one attached hydrogen (secondary N) is 1. The lowest BCUT2D eigenvalue weighted by molar-refractivity contribution is 0.0932. The fraction of sp³-hybridized carbons (Fsp3) is 0.318. The molecule has 9 heteroatoms. The van der Waals surface area contributed by atoms with Crippen molar-refractivity contribution in [2.24, 2.45) is 0 Å². The van der Waals surface area contributed by atoms with Crippen molar-refractivity contribution in [1.82, 2.24) is 19.8 Å². The Labute approximate surface area is 181 Å². The molecule has 31 heavy (non-hydrogen) atoms. The van der Waals surface area contributed by atoms with Gasteiger partial charge in [0, 0.05) is 24.2 Å². The molecule has 4 rings (SSSR count). The number of aromatic nitrogens is 2. The van der Waals surface area contributed by atoms with Crippen LogP contribution in [0.4, 0.5) is 0 Å². The SMILES string of the molecule is CC(NC(=O)c1ccccc1)c1nc(-c2ccc(S(=O)(=O)N3CCCCC3)cc2)no1. The molecule has 0 saturated carbocycles. The van der Waals surface area contributed by atoms with Crippen LogP contribution in [0.3, 0.4) is 0 Å². The molecule has 0 spiro atoms. The van der Waals surface area contributed by atoms with Crippen LogP contribution in [0, 0.1) is 0 Å². The maximum absolute atomic E-state index is 12.8. The summed E-state index contributed by atoms with van der Waals surface area (Å²) in [7, 11) is -3.49. The van der Waals surface area contributed by atoms with Crippen molar-refractivity contribution >= 4 is 15.9 Å². The van der Waals surface area contributed by atoms with Gasteiger partial charge in [-0.25, -0.2) is 8.42 Å². The van der Waals surface area contributed by atoms with E-state index in [1.54, 1.807) is 55.5 Å². The van der Waals surface area contributed by atoms with Crippen LogP contribution in [0.5, 0.6) is 0 Å². The lowest BCUT2D eigenvalue weighted by Gasteiger charge is -2.25. The van der Waals surface area contributed by atoms with Crippen molar-refractivity contribution in [2.45, 2.75) is 37.1 Å². The molecule has 1 aromatic heterocycles. The first-order valence-corrected chi connectivity index (χ1v) is 11.7. The molecule has 1 amide bonds. The number of amides is 1. The topological polar surface area (TPSA) is 105 Å². The van der Waals surface area contributed by atoms with Crippen LogP contribution in [0.25, 0.3) is 11.4 Å². The van der Waals surface area contributed by atoms with Crippen LogP contribution in [-0.2, 0) is 10.0 Å². The molecular weight excluding hydrogens is 416 g/mol. The lowest BCUT2D eigenvalue weighted by atomic mass is 10.2. The van der Waals surface area contributed by atoms with Crippen molar-refractivity contribution < 1.29 is 17.7 Å². The number of hydrogen-bond acceptors (Lipinski definition) is 6. The van der Waals surface area contributed by atoms with Crippen LogP contribution in [0.2, 0.25) is 0 Å². The van der Waals surface area contributed by atoms with Gasteiger partial charge in [0.25, 0.3) is 5.91 Å². The van der Waals surface area contributed by atoms with Crippen molar-refractivity contribution in [2.75, 3.05) is 13.1 Å². The van der Waals surface area contributed by atoms with Gasteiger partial charge in [-0.05, 0) is 56.2 Å². The predicted molar refractivity (Wildman–Crippen MR) is 115 cm³/mol. The average molecular weight is 441 g/mol. The number of benzene rings is 2. The first-order chi connectivity index (χ1) is 14.9. The number of carbonyl (C=O) groups is 1. The van der Waals surface area contributed by atoms with Gasteiger partial charge >= 0.3 is 0 Å². The molecule has 8 nitrogen and oxygen atoms in total. The number of hydrogen-bond donors (Lipinski definition) is 1. The zero-order valence-electron chi connectivity index (χ0n) is 17.2. The van der Waals surface area contributed by atoms with E-state index < -0.39 is 16.1 Å². The second-order valence-corrected chi connectivity index (χ2v) is 9.44. The van der Waals surface area contributed by atoms with E-state index in [0.717, 1.165) is 19.3 Å². The highest BCUT2D eigenvalue weighted by Gasteiger charge is 2.26. The molecule has 1 saturated heterocycles. The van der Waals surface area contributed by atoms with Gasteiger partial charge in [0.05, 0.1) is 4.90 Å². The third-order valence-electron chi connectivity index (χ3n) is 5.26. The van der Waals surface area contributed by atoms with Crippen LogP contribution in [0.1, 0.15) is 48.5 Å². The van der Waals surface area contributed by atoms with E-state index >= 15 is 0 Å². The van der Waals surface area contributed by atoms with Gasteiger partial charge < -0.3 is 9.84 Å². The Morgan fingerprint density at radius 2 is 1.71 bits per heavy atom. The van der Waals surface area contributed by atoms with E-state index in [9.17, 15) is 13.2 Å². The fourth-order valence-corrected chi connectivity index (χ4v) is 5.01. The van der Waals surface area contributed by atoms with Crippen molar-refractivity contribution in [3.05, 3.63) is 66.1 Å². The Hall–Kier alpha value is -3.04. The quantitative estimate of drug-likeness (QED) is 0.630. The first-order valence-electron chi connectivity index (χ1n) is 10.3. The second-order valence-electron chi connectivity index (χ2n) is 7.51. The largest absolute Gasteiger partial charge is 0.341 e. The van der Waals surface area contributed by atoms with E-state index in [4.69, 9.17) is 4.52 Å². The summed E-state index contributed by atoms with van der Waals surface area (Å²) in [6.45, 7) is 2.88. The Kier molecular flexibility index (Phi) is 6.15. The number of piperidine rings is 1. The molecule has 1 fully saturated rings. The van der Waals surface area contributed by atoms with Gasteiger partial charge in [0.1, 0.15) is 6.04 Å². The third-order valence-corrected chi connectivity index (χ3v) is 7.17. The van der Waals surface area contributed by atoms with Gasteiger partial charge in [-0.3, -0.25) is 4.79 Å². The molecule has 2 aromatic carbocycles. The summed E-state index contributed by atoms with van der Waals surface area (Å²) in [4.78, 5) is 16.9. The zero-order valence-corrected chi connectivity index (χ0v) is 18.0. The van der Waals surface area contributed by atoms with Gasteiger partial charge in [0.15, 0.2) is 0 Å². The summed E-state index contributed by atoms with van der Waals surface area (Å²) in [5, 5.41) is 6.79. The highest BCUT2D eigenvalue weighted by Crippen LogP contribution is 2.24. The normalized spacial score (nSPS) is 16.0. The molecule has 3 aromatic rings. The zero-order chi connectivity index (χ0) is 21.8. The van der Waals surface area contributed by atoms with Gasteiger partial charge in [0.2, 0.25) is 21.7 Å². The minimum absolute atomic E-state index is 0.236. The molecule has 162 valence electrons. The highest BCUT2D eigenvalue weighted by molar-refractivity contribution is 7.89. The molecule has 1 unspecified atom stereocenters. The van der Waals surface area contributed by atoms with E-state index in [1.807, 2.05) is 6.07 Å². The Balaban J connectivity index is 1.45. The maximum Gasteiger partial charge on any atom is 0.251 e. The fourth-order valence-electron chi connectivity index (χ4n) is 3.49. The van der Waals surface area contributed by atoms with E-state index in [1.165, 1.54) is 4.31 Å². The summed E-state index contributed by atoms with van der Waals surface area (Å²) in [5.74, 6) is 0.363. The third kappa shape index (κ3) is 4.67. The van der Waals surface area contributed by atoms with Crippen LogP contribution in [-0.4, -0.2) is 41.9 Å². The molecule has 1 atom stereocenters. The Morgan fingerprint density at radius 3 is 2.39 bits per heavy atom. The molecule has 0 radical (unpaired) electrons. The standard InChI is InChI=1S/C22H24N4O4S/c1-16(23-21(27)18-8-4-2-5-9-18)22-24-20(25-30-22)17-10-12-19(13-11-17)31(28,29)26-14-6-3-7-15-26/h2,4-5,8-13,16H,3,6-7,14-15H2,1H3,(H,23,27). The van der Waals surface area contributed by atoms with Gasteiger partial charge in [-0.2, -0.15) is 9.29 Å². The van der Waals surface area contributed by atoms with E-state index in [2.05, 4.69) is 15.5 Å². The number of sulfonamides is 1. The summed E-state index contributed by atoms with van der Waals surface area (Å²) < 4.78 is 32.4. The molecule has 1 aliphatic heterocycles. The summed E-state index contributed by atoms with van der Waals surface area (Å²) in [5.41, 5.74) is 1.17. The summed E-state index contributed by atoms with van der Waals surface area (Å²) in [6, 6.07) is 14.9. The number of carbonyl (C=O) groups excluding carboxylic acids is 1. The highest BCUT2D eigenvalue weighted by atomic mass is 32.2. The predicted octanol–water partition coefficient (Wildman–Crippen LogP) is 3.40. The molecule has 1 aliphatic rings. The molecular formula is C22H24N4O4S. The Bertz CT molecular complexity index is 1140. The van der Waals surface area contributed by atoms with Crippen LogP contribution < -0.4 is 5.32 Å². The van der Waals surface area contributed by atoms with E-state index in [0.29, 0.717) is 30.0 Å². The molecule has 0 aliphatic carbocycles. The van der Waals surface area contributed by atoms with Crippen LogP contribution >= 0.6 is 0 Å².